The zero-order valence-corrected chi connectivity index (χ0v) is 28.8. The molecule has 5 heteroatoms. The van der Waals surface area contributed by atoms with Crippen LogP contribution >= 0.6 is 0 Å². The summed E-state index contributed by atoms with van der Waals surface area (Å²) >= 11 is 2.41. The van der Waals surface area contributed by atoms with Crippen molar-refractivity contribution in [2.45, 2.75) is 66.5 Å². The predicted octanol–water partition coefficient (Wildman–Crippen LogP) is -0.469. The average Bonchev–Trinajstić information content (AvgIpc) is 3.13. The van der Waals surface area contributed by atoms with Crippen LogP contribution in [0.3, 0.4) is 0 Å². The SMILES string of the molecule is Cc1cccc(C(C2=C([SiH](C)C)CC(C(C)(C)C)=[C]2[Ti+3])(c2cccc(C)c2)c2cccc(C)c2)c1.[Cl-].[Cl-].[Cl-]. The van der Waals surface area contributed by atoms with Gasteiger partial charge in [-0.05, 0) is 0 Å². The van der Waals surface area contributed by atoms with E-state index in [2.05, 4.69) is 148 Å². The summed E-state index contributed by atoms with van der Waals surface area (Å²) in [5.74, 6) is 0. The molecule has 0 aromatic heterocycles. The van der Waals surface area contributed by atoms with E-state index in [-0.39, 0.29) is 48.1 Å². The van der Waals surface area contributed by atoms with Crippen LogP contribution in [-0.4, -0.2) is 8.80 Å². The quantitative estimate of drug-likeness (QED) is 0.269. The first kappa shape index (κ1) is 35.0. The monoisotopic (exact) mass is 616 g/mol. The zero-order valence-electron chi connectivity index (χ0n) is 23.8. The second kappa shape index (κ2) is 13.5. The molecule has 0 heterocycles. The molecule has 0 nitrogen and oxygen atoms in total. The van der Waals surface area contributed by atoms with Gasteiger partial charge in [0.1, 0.15) is 0 Å². The van der Waals surface area contributed by atoms with E-state index in [1.165, 1.54) is 37.3 Å². The molecule has 0 fully saturated rings. The summed E-state index contributed by atoms with van der Waals surface area (Å²) in [7, 11) is -1.10. The van der Waals surface area contributed by atoms with E-state index >= 15 is 0 Å². The number of hydrogen-bond acceptors (Lipinski definition) is 0. The Morgan fingerprint density at radius 3 is 1.32 bits per heavy atom. The summed E-state index contributed by atoms with van der Waals surface area (Å²) in [6.45, 7) is 18.9. The number of aryl methyl sites for hydroxylation is 3. The van der Waals surface area contributed by atoms with E-state index in [9.17, 15) is 0 Å². The van der Waals surface area contributed by atoms with Crippen molar-refractivity contribution >= 4 is 8.80 Å². The Labute approximate surface area is 263 Å². The van der Waals surface area contributed by atoms with Crippen LogP contribution in [0.1, 0.15) is 60.6 Å². The fourth-order valence-electron chi connectivity index (χ4n) is 5.81. The number of hydrogen-bond donors (Lipinski definition) is 0. The third-order valence-corrected chi connectivity index (χ3v) is 10.3. The molecule has 0 atom stereocenters. The van der Waals surface area contributed by atoms with Crippen LogP contribution in [-0.2, 0) is 25.9 Å². The van der Waals surface area contributed by atoms with E-state index in [1.807, 2.05) is 0 Å². The van der Waals surface area contributed by atoms with Gasteiger partial charge in [0, 0.05) is 0 Å². The summed E-state index contributed by atoms with van der Waals surface area (Å²) in [5.41, 5.74) is 11.1. The van der Waals surface area contributed by atoms with E-state index in [1.54, 1.807) is 16.3 Å². The van der Waals surface area contributed by atoms with Gasteiger partial charge < -0.3 is 37.2 Å². The normalized spacial score (nSPS) is 13.8. The number of benzene rings is 3. The summed E-state index contributed by atoms with van der Waals surface area (Å²) in [6, 6.07) is 27.8. The molecule has 0 spiro atoms. The van der Waals surface area contributed by atoms with E-state index in [4.69, 9.17) is 0 Å². The predicted molar refractivity (Wildman–Crippen MR) is 150 cm³/mol. The molecule has 1 aliphatic carbocycles. The van der Waals surface area contributed by atoms with Crippen LogP contribution in [0.5, 0.6) is 0 Å². The molecule has 0 unspecified atom stereocenters. The number of rotatable bonds is 5. The van der Waals surface area contributed by atoms with Gasteiger partial charge in [0.25, 0.3) is 0 Å². The molecule has 0 amide bonds. The Bertz CT molecular complexity index is 1220. The smallest absolute Gasteiger partial charge is 1.00 e. The van der Waals surface area contributed by atoms with Gasteiger partial charge >= 0.3 is 228 Å². The average molecular weight is 618 g/mol. The van der Waals surface area contributed by atoms with Crippen molar-refractivity contribution in [3.63, 3.8) is 0 Å². The molecule has 0 N–H and O–H groups in total. The molecule has 3 aromatic rings. The fraction of sp³-hybridized carbons (Fsp3) is 0.333. The summed E-state index contributed by atoms with van der Waals surface area (Å²) < 4.78 is 1.51. The maximum Gasteiger partial charge on any atom is -1.00 e. The van der Waals surface area contributed by atoms with Crippen LogP contribution in [0, 0.1) is 26.2 Å². The van der Waals surface area contributed by atoms with Crippen molar-refractivity contribution in [2.24, 2.45) is 5.41 Å². The van der Waals surface area contributed by atoms with E-state index < -0.39 is 8.80 Å². The maximum atomic E-state index is 2.52. The van der Waals surface area contributed by atoms with Crippen molar-refractivity contribution in [3.05, 3.63) is 126 Å². The van der Waals surface area contributed by atoms with E-state index in [0.717, 1.165) is 6.42 Å². The second-order valence-corrected chi connectivity index (χ2v) is 15.5. The summed E-state index contributed by atoms with van der Waals surface area (Å²) in [4.78, 5) is 0. The number of allylic oxidation sites excluding steroid dienone is 4. The Hall–Kier alpha value is -1.06. The molecular weight excluding hydrogens is 579 g/mol. The third kappa shape index (κ3) is 6.46. The van der Waals surface area contributed by atoms with Crippen molar-refractivity contribution < 1.29 is 57.7 Å². The molecular formula is C33H39Cl3SiTi. The Balaban J connectivity index is 0.00000241. The Kier molecular flexibility index (Phi) is 12.5. The molecule has 0 bridgehead atoms. The third-order valence-electron chi connectivity index (χ3n) is 7.57. The molecule has 1 aliphatic rings. The molecule has 3 aromatic carbocycles. The zero-order chi connectivity index (χ0) is 25.5. The minimum Gasteiger partial charge on any atom is -1.00 e. The molecule has 38 heavy (non-hydrogen) atoms. The van der Waals surface area contributed by atoms with Gasteiger partial charge in [-0.1, -0.05) is 0 Å². The molecule has 4 rings (SSSR count). The van der Waals surface area contributed by atoms with Crippen molar-refractivity contribution in [3.8, 4) is 0 Å². The topological polar surface area (TPSA) is 0 Å². The van der Waals surface area contributed by atoms with Crippen molar-refractivity contribution in [1.29, 1.82) is 0 Å². The molecule has 0 aliphatic heterocycles. The molecule has 200 valence electrons. The first-order valence-electron chi connectivity index (χ1n) is 12.9. The maximum absolute atomic E-state index is 2.52. The van der Waals surface area contributed by atoms with Gasteiger partial charge in [0.2, 0.25) is 0 Å². The fourth-order valence-corrected chi connectivity index (χ4v) is 8.85. The summed E-state index contributed by atoms with van der Waals surface area (Å²) in [6.07, 6.45) is 1.12. The molecule has 0 saturated carbocycles. The first-order chi connectivity index (χ1) is 16.5. The van der Waals surface area contributed by atoms with Gasteiger partial charge in [-0.15, -0.1) is 0 Å². The van der Waals surface area contributed by atoms with Gasteiger partial charge in [0.05, 0.1) is 0 Å². The van der Waals surface area contributed by atoms with Gasteiger partial charge in [0.15, 0.2) is 0 Å². The Morgan fingerprint density at radius 1 is 0.658 bits per heavy atom. The standard InChI is InChI=1S/C33H39Si.3ClH.Ti/c1-23-12-9-15-26(18-23)33(27-16-10-13-24(2)19-27,28-17-11-14-25(3)20-28)30-21-29(32(4,5)6)22-31(30)34(7)8;;;;/h9-20,34H,22H2,1-8H3;3*1H;/q;;;;+3/p-3. The number of halogens is 3. The van der Waals surface area contributed by atoms with Crippen LogP contribution in [0.2, 0.25) is 13.1 Å². The second-order valence-electron chi connectivity index (χ2n) is 11.7. The van der Waals surface area contributed by atoms with Crippen LogP contribution in [0.25, 0.3) is 0 Å². The van der Waals surface area contributed by atoms with Crippen LogP contribution < -0.4 is 37.2 Å². The largest absolute Gasteiger partial charge is 1.00 e. The Morgan fingerprint density at radius 2 is 1.03 bits per heavy atom. The van der Waals surface area contributed by atoms with E-state index in [0.29, 0.717) is 0 Å². The molecule has 0 saturated heterocycles. The van der Waals surface area contributed by atoms with Gasteiger partial charge in [-0.2, -0.15) is 0 Å². The van der Waals surface area contributed by atoms with Crippen molar-refractivity contribution in [2.75, 3.05) is 0 Å². The molecule has 0 radical (unpaired) electrons. The summed E-state index contributed by atoms with van der Waals surface area (Å²) in [5, 5.41) is 1.72. The van der Waals surface area contributed by atoms with Crippen LogP contribution in [0.4, 0.5) is 0 Å². The minimum absolute atomic E-state index is 0. The first-order valence-corrected chi connectivity index (χ1v) is 16.5. The van der Waals surface area contributed by atoms with Crippen molar-refractivity contribution in [1.82, 2.24) is 0 Å². The van der Waals surface area contributed by atoms with Gasteiger partial charge in [-0.3, -0.25) is 0 Å². The minimum atomic E-state index is -1.10. The van der Waals surface area contributed by atoms with Gasteiger partial charge in [-0.25, -0.2) is 0 Å². The van der Waals surface area contributed by atoms with Crippen LogP contribution in [0.15, 0.2) is 93.0 Å².